The van der Waals surface area contributed by atoms with Gasteiger partial charge in [0.05, 0.1) is 19.1 Å². The summed E-state index contributed by atoms with van der Waals surface area (Å²) >= 11 is 6.27. The minimum atomic E-state index is 0.0948. The second-order valence-electron chi connectivity index (χ2n) is 6.90. The molecular formula is C18H25ClN2O2. The van der Waals surface area contributed by atoms with Crippen LogP contribution in [0.5, 0.6) is 0 Å². The molecule has 1 amide bonds. The van der Waals surface area contributed by atoms with Crippen LogP contribution < -0.4 is 0 Å². The van der Waals surface area contributed by atoms with Crippen LogP contribution >= 0.6 is 11.6 Å². The smallest absolute Gasteiger partial charge is 0.224 e. The van der Waals surface area contributed by atoms with Gasteiger partial charge in [0.1, 0.15) is 0 Å². The van der Waals surface area contributed by atoms with Crippen molar-refractivity contribution in [3.8, 4) is 0 Å². The van der Waals surface area contributed by atoms with Crippen LogP contribution in [0.1, 0.15) is 18.4 Å². The number of halogens is 1. The molecule has 0 unspecified atom stereocenters. The zero-order valence-electron chi connectivity index (χ0n) is 13.9. The van der Waals surface area contributed by atoms with E-state index in [0.29, 0.717) is 18.3 Å². The maximum atomic E-state index is 11.9. The van der Waals surface area contributed by atoms with Crippen molar-refractivity contribution in [3.05, 3.63) is 34.9 Å². The SMILES string of the molecule is CN(C)C(=O)C[C@H]1OC[C@H]2CN(Cc3ccccc3Cl)CC[C@H]21. The standard InChI is InChI=1S/C18H25ClN2O2/c1-20(2)18(22)9-17-15-7-8-21(11-14(15)12-23-17)10-13-5-3-4-6-16(13)19/h3-6,14-15,17H,7-12H2,1-2H3/t14-,15-,17-/m1/s1. The van der Waals surface area contributed by atoms with Crippen molar-refractivity contribution in [2.24, 2.45) is 11.8 Å². The Bertz CT molecular complexity index is 564. The molecule has 0 bridgehead atoms. The Labute approximate surface area is 143 Å². The van der Waals surface area contributed by atoms with E-state index in [9.17, 15) is 4.79 Å². The highest BCUT2D eigenvalue weighted by molar-refractivity contribution is 6.31. The summed E-state index contributed by atoms with van der Waals surface area (Å²) in [5, 5.41) is 0.840. The van der Waals surface area contributed by atoms with Gasteiger partial charge in [-0.1, -0.05) is 29.8 Å². The summed E-state index contributed by atoms with van der Waals surface area (Å²) in [5.41, 5.74) is 1.19. The normalized spacial score (nSPS) is 27.7. The number of nitrogens with zero attached hydrogens (tertiary/aromatic N) is 2. The third-order valence-electron chi connectivity index (χ3n) is 5.11. The van der Waals surface area contributed by atoms with E-state index in [0.717, 1.165) is 37.7 Å². The maximum Gasteiger partial charge on any atom is 0.224 e. The number of fused-ring (bicyclic) bond motifs is 1. The zero-order chi connectivity index (χ0) is 16.4. The Morgan fingerprint density at radius 2 is 2.17 bits per heavy atom. The van der Waals surface area contributed by atoms with Gasteiger partial charge in [0.25, 0.3) is 0 Å². The van der Waals surface area contributed by atoms with Gasteiger partial charge in [-0.15, -0.1) is 0 Å². The molecule has 3 atom stereocenters. The second-order valence-corrected chi connectivity index (χ2v) is 7.31. The summed E-state index contributed by atoms with van der Waals surface area (Å²) in [4.78, 5) is 16.1. The summed E-state index contributed by atoms with van der Waals surface area (Å²) in [7, 11) is 3.61. The number of piperidine rings is 1. The number of hydrogen-bond donors (Lipinski definition) is 0. The molecule has 2 aliphatic heterocycles. The highest BCUT2D eigenvalue weighted by atomic mass is 35.5. The Morgan fingerprint density at radius 3 is 2.91 bits per heavy atom. The Hall–Kier alpha value is -1.10. The van der Waals surface area contributed by atoms with Crippen molar-refractivity contribution < 1.29 is 9.53 Å². The van der Waals surface area contributed by atoms with E-state index in [2.05, 4.69) is 11.0 Å². The monoisotopic (exact) mass is 336 g/mol. The first-order chi connectivity index (χ1) is 11.0. The van der Waals surface area contributed by atoms with Crippen molar-refractivity contribution in [3.63, 3.8) is 0 Å². The van der Waals surface area contributed by atoms with Gasteiger partial charge in [0, 0.05) is 38.1 Å². The average molecular weight is 337 g/mol. The van der Waals surface area contributed by atoms with Crippen LogP contribution in [0, 0.1) is 11.8 Å². The molecule has 2 saturated heterocycles. The molecule has 23 heavy (non-hydrogen) atoms. The number of carbonyl (C=O) groups is 1. The molecular weight excluding hydrogens is 312 g/mol. The fourth-order valence-corrected chi connectivity index (χ4v) is 3.93. The highest BCUT2D eigenvalue weighted by Crippen LogP contribution is 2.36. The van der Waals surface area contributed by atoms with Crippen molar-refractivity contribution in [2.45, 2.75) is 25.5 Å². The molecule has 0 aromatic heterocycles. The predicted molar refractivity (Wildman–Crippen MR) is 91.4 cm³/mol. The van der Waals surface area contributed by atoms with E-state index in [4.69, 9.17) is 16.3 Å². The molecule has 2 heterocycles. The molecule has 1 aromatic carbocycles. The maximum absolute atomic E-state index is 11.9. The molecule has 0 spiro atoms. The summed E-state index contributed by atoms with van der Waals surface area (Å²) < 4.78 is 5.94. The zero-order valence-corrected chi connectivity index (χ0v) is 14.6. The van der Waals surface area contributed by atoms with E-state index >= 15 is 0 Å². The van der Waals surface area contributed by atoms with E-state index in [-0.39, 0.29) is 12.0 Å². The lowest BCUT2D eigenvalue weighted by atomic mass is 9.83. The van der Waals surface area contributed by atoms with Crippen LogP contribution in [0.2, 0.25) is 5.02 Å². The van der Waals surface area contributed by atoms with Crippen molar-refractivity contribution in [1.29, 1.82) is 0 Å². The lowest BCUT2D eigenvalue weighted by molar-refractivity contribution is -0.131. The van der Waals surface area contributed by atoms with E-state index < -0.39 is 0 Å². The van der Waals surface area contributed by atoms with Gasteiger partial charge in [-0.2, -0.15) is 0 Å². The van der Waals surface area contributed by atoms with Gasteiger partial charge in [0.2, 0.25) is 5.91 Å². The number of hydrogen-bond acceptors (Lipinski definition) is 3. The van der Waals surface area contributed by atoms with Crippen LogP contribution in [0.15, 0.2) is 24.3 Å². The van der Waals surface area contributed by atoms with Gasteiger partial charge in [0.15, 0.2) is 0 Å². The quantitative estimate of drug-likeness (QED) is 0.847. The van der Waals surface area contributed by atoms with E-state index in [1.54, 1.807) is 19.0 Å². The number of benzene rings is 1. The first-order valence-electron chi connectivity index (χ1n) is 8.32. The Balaban J connectivity index is 1.56. The van der Waals surface area contributed by atoms with Crippen LogP contribution in [0.4, 0.5) is 0 Å². The number of likely N-dealkylation sites (tertiary alicyclic amines) is 1. The summed E-state index contributed by atoms with van der Waals surface area (Å²) in [6.45, 7) is 3.74. The first-order valence-corrected chi connectivity index (χ1v) is 8.70. The summed E-state index contributed by atoms with van der Waals surface area (Å²) in [5.74, 6) is 1.21. The Kier molecular flexibility index (Phi) is 5.24. The fraction of sp³-hybridized carbons (Fsp3) is 0.611. The predicted octanol–water partition coefficient (Wildman–Crippen LogP) is 2.66. The molecule has 0 N–H and O–H groups in total. The van der Waals surface area contributed by atoms with Crippen LogP contribution in [0.25, 0.3) is 0 Å². The van der Waals surface area contributed by atoms with Crippen molar-refractivity contribution in [1.82, 2.24) is 9.80 Å². The number of amides is 1. The molecule has 0 radical (unpaired) electrons. The molecule has 1 aromatic rings. The molecule has 2 fully saturated rings. The number of carbonyl (C=O) groups excluding carboxylic acids is 1. The minimum absolute atomic E-state index is 0.0948. The third kappa shape index (κ3) is 3.87. The molecule has 0 saturated carbocycles. The molecule has 126 valence electrons. The fourth-order valence-electron chi connectivity index (χ4n) is 3.74. The minimum Gasteiger partial charge on any atom is -0.377 e. The van der Waals surface area contributed by atoms with Gasteiger partial charge < -0.3 is 9.64 Å². The highest BCUT2D eigenvalue weighted by Gasteiger charge is 2.41. The Morgan fingerprint density at radius 1 is 1.39 bits per heavy atom. The lowest BCUT2D eigenvalue weighted by Crippen LogP contribution is -2.41. The lowest BCUT2D eigenvalue weighted by Gasteiger charge is -2.35. The van der Waals surface area contributed by atoms with Gasteiger partial charge in [-0.05, 0) is 30.5 Å². The van der Waals surface area contributed by atoms with Gasteiger partial charge >= 0.3 is 0 Å². The topological polar surface area (TPSA) is 32.8 Å². The average Bonchev–Trinajstić information content (AvgIpc) is 2.92. The molecule has 3 rings (SSSR count). The van der Waals surface area contributed by atoms with E-state index in [1.165, 1.54) is 5.56 Å². The molecule has 0 aliphatic carbocycles. The largest absolute Gasteiger partial charge is 0.377 e. The molecule has 2 aliphatic rings. The second kappa shape index (κ2) is 7.20. The van der Waals surface area contributed by atoms with E-state index in [1.807, 2.05) is 18.2 Å². The number of ether oxygens (including phenoxy) is 1. The summed E-state index contributed by atoms with van der Waals surface area (Å²) in [6, 6.07) is 8.05. The van der Waals surface area contributed by atoms with Crippen LogP contribution in [-0.4, -0.2) is 55.6 Å². The molecule has 5 heteroatoms. The molecule has 4 nitrogen and oxygen atoms in total. The van der Waals surface area contributed by atoms with Crippen LogP contribution in [-0.2, 0) is 16.1 Å². The van der Waals surface area contributed by atoms with Crippen molar-refractivity contribution in [2.75, 3.05) is 33.8 Å². The third-order valence-corrected chi connectivity index (χ3v) is 5.47. The van der Waals surface area contributed by atoms with Crippen LogP contribution in [0.3, 0.4) is 0 Å². The van der Waals surface area contributed by atoms with Gasteiger partial charge in [-0.25, -0.2) is 0 Å². The number of rotatable bonds is 4. The van der Waals surface area contributed by atoms with Gasteiger partial charge in [-0.3, -0.25) is 9.69 Å². The summed E-state index contributed by atoms with van der Waals surface area (Å²) in [6.07, 6.45) is 1.71. The van der Waals surface area contributed by atoms with Crippen molar-refractivity contribution >= 4 is 17.5 Å². The first kappa shape index (κ1) is 16.7.